The maximum Gasteiger partial charge on any atom is 0.252 e. The summed E-state index contributed by atoms with van der Waals surface area (Å²) in [6.07, 6.45) is 0.527. The molecule has 0 spiro atoms. The zero-order valence-corrected chi connectivity index (χ0v) is 11.8. The van der Waals surface area contributed by atoms with Gasteiger partial charge in [-0.1, -0.05) is 29.8 Å². The number of rotatable bonds is 4. The van der Waals surface area contributed by atoms with Crippen molar-refractivity contribution in [1.29, 1.82) is 0 Å². The van der Waals surface area contributed by atoms with Gasteiger partial charge < -0.3 is 16.3 Å². The van der Waals surface area contributed by atoms with Crippen LogP contribution in [-0.4, -0.2) is 22.5 Å². The lowest BCUT2D eigenvalue weighted by Crippen LogP contribution is -2.55. The Morgan fingerprint density at radius 3 is 2.63 bits per heavy atom. The van der Waals surface area contributed by atoms with Crippen molar-refractivity contribution in [3.05, 3.63) is 34.9 Å². The zero-order valence-electron chi connectivity index (χ0n) is 11.8. The SMILES string of the molecule is CCC(C)(NC(=O)c1cc(C)ccc1C)/C(N)=N/O. The molecule has 0 aromatic heterocycles. The van der Waals surface area contributed by atoms with Crippen LogP contribution in [0, 0.1) is 13.8 Å². The van der Waals surface area contributed by atoms with Gasteiger partial charge in [0.05, 0.1) is 5.54 Å². The van der Waals surface area contributed by atoms with Crippen LogP contribution >= 0.6 is 0 Å². The maximum atomic E-state index is 12.3. The molecule has 1 rings (SSSR count). The molecule has 5 nitrogen and oxygen atoms in total. The van der Waals surface area contributed by atoms with E-state index in [4.69, 9.17) is 10.9 Å². The third-order valence-corrected chi connectivity index (χ3v) is 3.41. The average Bonchev–Trinajstić information content (AvgIpc) is 2.40. The number of nitrogens with zero attached hydrogens (tertiary/aromatic N) is 1. The molecule has 0 aliphatic carbocycles. The van der Waals surface area contributed by atoms with Gasteiger partial charge in [0.1, 0.15) is 0 Å². The molecule has 0 radical (unpaired) electrons. The van der Waals surface area contributed by atoms with E-state index in [9.17, 15) is 4.79 Å². The van der Waals surface area contributed by atoms with Crippen molar-refractivity contribution in [2.75, 3.05) is 0 Å². The molecule has 1 amide bonds. The van der Waals surface area contributed by atoms with Gasteiger partial charge in [-0.05, 0) is 38.8 Å². The van der Waals surface area contributed by atoms with Gasteiger partial charge in [0.15, 0.2) is 5.84 Å². The smallest absolute Gasteiger partial charge is 0.252 e. The zero-order chi connectivity index (χ0) is 14.6. The molecular formula is C14H21N3O2. The fraction of sp³-hybridized carbons (Fsp3) is 0.429. The van der Waals surface area contributed by atoms with Crippen LogP contribution in [0.2, 0.25) is 0 Å². The molecule has 4 N–H and O–H groups in total. The Hall–Kier alpha value is -2.04. The summed E-state index contributed by atoms with van der Waals surface area (Å²) in [6.45, 7) is 7.40. The highest BCUT2D eigenvalue weighted by Gasteiger charge is 2.30. The van der Waals surface area contributed by atoms with E-state index in [0.717, 1.165) is 11.1 Å². The van der Waals surface area contributed by atoms with Crippen LogP contribution in [0.25, 0.3) is 0 Å². The Balaban J connectivity index is 3.05. The largest absolute Gasteiger partial charge is 0.409 e. The number of hydrogen-bond donors (Lipinski definition) is 3. The van der Waals surface area contributed by atoms with E-state index < -0.39 is 5.54 Å². The number of nitrogens with two attached hydrogens (primary N) is 1. The summed E-state index contributed by atoms with van der Waals surface area (Å²) in [5, 5.41) is 14.6. The molecule has 0 aliphatic heterocycles. The second-order valence-corrected chi connectivity index (χ2v) is 4.94. The lowest BCUT2D eigenvalue weighted by molar-refractivity contribution is 0.0924. The molecule has 0 fully saturated rings. The van der Waals surface area contributed by atoms with Crippen LogP contribution in [0.15, 0.2) is 23.4 Å². The number of hydrogen-bond acceptors (Lipinski definition) is 3. The van der Waals surface area contributed by atoms with E-state index in [1.807, 2.05) is 39.0 Å². The summed E-state index contributed by atoms with van der Waals surface area (Å²) in [4.78, 5) is 12.3. The second kappa shape index (κ2) is 5.73. The predicted octanol–water partition coefficient (Wildman–Crippen LogP) is 1.95. The summed E-state index contributed by atoms with van der Waals surface area (Å²) in [5.41, 5.74) is 7.29. The van der Waals surface area contributed by atoms with Gasteiger partial charge in [-0.15, -0.1) is 0 Å². The number of carbonyl (C=O) groups excluding carboxylic acids is 1. The quantitative estimate of drug-likeness (QED) is 0.336. The third-order valence-electron chi connectivity index (χ3n) is 3.41. The number of amides is 1. The minimum absolute atomic E-state index is 0.00587. The molecule has 1 aromatic carbocycles. The number of oxime groups is 1. The van der Waals surface area contributed by atoms with E-state index in [-0.39, 0.29) is 11.7 Å². The van der Waals surface area contributed by atoms with Crippen molar-refractivity contribution in [1.82, 2.24) is 5.32 Å². The van der Waals surface area contributed by atoms with Crippen molar-refractivity contribution in [2.45, 2.75) is 39.7 Å². The van der Waals surface area contributed by atoms with E-state index >= 15 is 0 Å². The van der Waals surface area contributed by atoms with Gasteiger partial charge >= 0.3 is 0 Å². The molecule has 0 saturated heterocycles. The normalized spacial score (nSPS) is 14.8. The van der Waals surface area contributed by atoms with Crippen molar-refractivity contribution in [3.63, 3.8) is 0 Å². The first-order valence-electron chi connectivity index (χ1n) is 6.22. The first kappa shape index (κ1) is 15.0. The molecule has 0 aliphatic rings. The summed E-state index contributed by atoms with van der Waals surface area (Å²) in [5.74, 6) is -0.231. The molecule has 1 aromatic rings. The first-order chi connectivity index (χ1) is 8.84. The van der Waals surface area contributed by atoms with E-state index in [0.29, 0.717) is 12.0 Å². The lowest BCUT2D eigenvalue weighted by atomic mass is 9.96. The molecule has 5 heteroatoms. The summed E-state index contributed by atoms with van der Waals surface area (Å²) in [7, 11) is 0. The highest BCUT2D eigenvalue weighted by atomic mass is 16.4. The van der Waals surface area contributed by atoms with Crippen LogP contribution < -0.4 is 11.1 Å². The van der Waals surface area contributed by atoms with Gasteiger partial charge in [0, 0.05) is 5.56 Å². The van der Waals surface area contributed by atoms with Gasteiger partial charge in [-0.25, -0.2) is 0 Å². The molecule has 104 valence electrons. The summed E-state index contributed by atoms with van der Waals surface area (Å²) < 4.78 is 0. The molecule has 0 saturated carbocycles. The Morgan fingerprint density at radius 1 is 1.47 bits per heavy atom. The summed E-state index contributed by atoms with van der Waals surface area (Å²) >= 11 is 0. The summed E-state index contributed by atoms with van der Waals surface area (Å²) in [6, 6.07) is 5.68. The molecule has 0 bridgehead atoms. The minimum atomic E-state index is -0.859. The fourth-order valence-electron chi connectivity index (χ4n) is 1.74. The number of carbonyl (C=O) groups is 1. The Bertz CT molecular complexity index is 511. The molecule has 19 heavy (non-hydrogen) atoms. The van der Waals surface area contributed by atoms with Crippen molar-refractivity contribution < 1.29 is 10.0 Å². The molecule has 1 unspecified atom stereocenters. The van der Waals surface area contributed by atoms with Crippen molar-refractivity contribution >= 4 is 11.7 Å². The van der Waals surface area contributed by atoms with Crippen molar-refractivity contribution in [2.24, 2.45) is 10.9 Å². The average molecular weight is 263 g/mol. The highest BCUT2D eigenvalue weighted by molar-refractivity contribution is 6.01. The number of amidine groups is 1. The van der Waals surface area contributed by atoms with Crippen LogP contribution in [0.5, 0.6) is 0 Å². The topological polar surface area (TPSA) is 87.7 Å². The van der Waals surface area contributed by atoms with Gasteiger partial charge in [-0.2, -0.15) is 0 Å². The maximum absolute atomic E-state index is 12.3. The molecule has 0 heterocycles. The predicted molar refractivity (Wildman–Crippen MR) is 75.5 cm³/mol. The van der Waals surface area contributed by atoms with Gasteiger partial charge in [-0.3, -0.25) is 4.79 Å². The Kier molecular flexibility index (Phi) is 4.53. The van der Waals surface area contributed by atoms with Gasteiger partial charge in [0.2, 0.25) is 0 Å². The standard InChI is InChI=1S/C14H21N3O2/c1-5-14(4,13(15)17-19)16-12(18)11-8-9(2)6-7-10(11)3/h6-8,19H,5H2,1-4H3,(H2,15,17)(H,16,18). The highest BCUT2D eigenvalue weighted by Crippen LogP contribution is 2.15. The van der Waals surface area contributed by atoms with Crippen molar-refractivity contribution in [3.8, 4) is 0 Å². The molecule has 1 atom stereocenters. The van der Waals surface area contributed by atoms with Crippen LogP contribution in [0.4, 0.5) is 0 Å². The Morgan fingerprint density at radius 2 is 2.11 bits per heavy atom. The number of aryl methyl sites for hydroxylation is 2. The van der Waals surface area contributed by atoms with Gasteiger partial charge in [0.25, 0.3) is 5.91 Å². The minimum Gasteiger partial charge on any atom is -0.409 e. The van der Waals surface area contributed by atoms with E-state index in [1.165, 1.54) is 0 Å². The van der Waals surface area contributed by atoms with E-state index in [1.54, 1.807) is 6.92 Å². The number of nitrogens with one attached hydrogen (secondary N) is 1. The fourth-order valence-corrected chi connectivity index (χ4v) is 1.74. The lowest BCUT2D eigenvalue weighted by Gasteiger charge is -2.28. The molecular weight excluding hydrogens is 242 g/mol. The second-order valence-electron chi connectivity index (χ2n) is 4.94. The van der Waals surface area contributed by atoms with Crippen LogP contribution in [-0.2, 0) is 0 Å². The van der Waals surface area contributed by atoms with E-state index in [2.05, 4.69) is 10.5 Å². The van der Waals surface area contributed by atoms with Crippen LogP contribution in [0.1, 0.15) is 41.8 Å². The third kappa shape index (κ3) is 3.24. The Labute approximate surface area is 113 Å². The van der Waals surface area contributed by atoms with Crippen LogP contribution in [0.3, 0.4) is 0 Å². The first-order valence-corrected chi connectivity index (χ1v) is 6.22. The number of benzene rings is 1. The monoisotopic (exact) mass is 263 g/mol.